The van der Waals surface area contributed by atoms with Gasteiger partial charge in [-0.1, -0.05) is 17.7 Å². The average molecular weight is 286 g/mol. The topological polar surface area (TPSA) is 59.6 Å². The van der Waals surface area contributed by atoms with E-state index in [-0.39, 0.29) is 5.02 Å². The second-order valence-electron chi connectivity index (χ2n) is 4.09. The Morgan fingerprint density at radius 3 is 2.45 bits per heavy atom. The van der Waals surface area contributed by atoms with E-state index in [0.717, 1.165) is 5.56 Å². The highest BCUT2D eigenvalue weighted by Crippen LogP contribution is 2.18. The van der Waals surface area contributed by atoms with Gasteiger partial charge in [-0.25, -0.2) is 4.39 Å². The Morgan fingerprint density at radius 2 is 1.80 bits per heavy atom. The summed E-state index contributed by atoms with van der Waals surface area (Å²) in [6.45, 7) is 0.441. The van der Waals surface area contributed by atoms with Crippen LogP contribution < -0.4 is 5.32 Å². The van der Waals surface area contributed by atoms with Crippen molar-refractivity contribution >= 4 is 17.3 Å². The zero-order valence-electron chi connectivity index (χ0n) is 10.3. The van der Waals surface area contributed by atoms with Crippen molar-refractivity contribution in [1.82, 2.24) is 0 Å². The predicted octanol–water partition coefficient (Wildman–Crippen LogP) is 3.83. The van der Waals surface area contributed by atoms with E-state index < -0.39 is 5.82 Å². The van der Waals surface area contributed by atoms with Gasteiger partial charge in [-0.05, 0) is 35.9 Å². The van der Waals surface area contributed by atoms with Crippen molar-refractivity contribution in [2.75, 3.05) is 5.32 Å². The lowest BCUT2D eigenvalue weighted by Gasteiger charge is -2.08. The van der Waals surface area contributed by atoms with E-state index in [1.165, 1.54) is 6.07 Å². The fraction of sp³-hybridized carbons (Fsp3) is 0.0667. The molecule has 0 saturated heterocycles. The van der Waals surface area contributed by atoms with Gasteiger partial charge in [0.1, 0.15) is 18.0 Å². The molecule has 20 heavy (non-hydrogen) atoms. The molecule has 0 spiro atoms. The third-order valence-corrected chi connectivity index (χ3v) is 3.03. The van der Waals surface area contributed by atoms with Crippen LogP contribution in [0.25, 0.3) is 0 Å². The average Bonchev–Trinajstić information content (AvgIpc) is 2.48. The molecule has 2 rings (SSSR count). The number of halogens is 2. The van der Waals surface area contributed by atoms with Crippen LogP contribution in [0, 0.1) is 28.5 Å². The number of benzene rings is 2. The summed E-state index contributed by atoms with van der Waals surface area (Å²) in [6, 6.07) is 13.3. The first-order valence-electron chi connectivity index (χ1n) is 5.76. The van der Waals surface area contributed by atoms with Crippen molar-refractivity contribution in [2.24, 2.45) is 0 Å². The second kappa shape index (κ2) is 6.06. The molecule has 0 bridgehead atoms. The summed E-state index contributed by atoms with van der Waals surface area (Å²) in [5.74, 6) is -0.458. The van der Waals surface area contributed by atoms with Crippen molar-refractivity contribution in [1.29, 1.82) is 10.5 Å². The molecule has 0 aromatic heterocycles. The maximum absolute atomic E-state index is 13.0. The van der Waals surface area contributed by atoms with Crippen LogP contribution in [0.2, 0.25) is 5.02 Å². The lowest BCUT2D eigenvalue weighted by atomic mass is 10.1. The monoisotopic (exact) mass is 285 g/mol. The Morgan fingerprint density at radius 1 is 1.05 bits per heavy atom. The summed E-state index contributed by atoms with van der Waals surface area (Å²) in [4.78, 5) is 0. The Kier molecular flexibility index (Phi) is 4.20. The highest BCUT2D eigenvalue weighted by Gasteiger charge is 2.04. The first-order valence-corrected chi connectivity index (χ1v) is 6.14. The van der Waals surface area contributed by atoms with Gasteiger partial charge in [0, 0.05) is 12.2 Å². The van der Waals surface area contributed by atoms with Gasteiger partial charge in [0.2, 0.25) is 0 Å². The molecule has 0 amide bonds. The summed E-state index contributed by atoms with van der Waals surface area (Å²) in [6.07, 6.45) is 0. The van der Waals surface area contributed by atoms with Crippen LogP contribution in [-0.2, 0) is 6.54 Å². The van der Waals surface area contributed by atoms with Crippen LogP contribution >= 0.6 is 11.6 Å². The third-order valence-electron chi connectivity index (χ3n) is 2.74. The van der Waals surface area contributed by atoms with Gasteiger partial charge in [-0.2, -0.15) is 10.5 Å². The lowest BCUT2D eigenvalue weighted by Crippen LogP contribution is -2.00. The molecule has 98 valence electrons. The van der Waals surface area contributed by atoms with Crippen molar-refractivity contribution in [2.45, 2.75) is 6.54 Å². The first kappa shape index (κ1) is 13.9. The van der Waals surface area contributed by atoms with E-state index in [4.69, 9.17) is 22.1 Å². The Bertz CT molecular complexity index is 729. The molecule has 5 heteroatoms. The van der Waals surface area contributed by atoms with Gasteiger partial charge in [0.25, 0.3) is 0 Å². The highest BCUT2D eigenvalue weighted by atomic mass is 35.5. The molecule has 1 N–H and O–H groups in total. The van der Waals surface area contributed by atoms with E-state index in [0.29, 0.717) is 23.4 Å². The summed E-state index contributed by atoms with van der Waals surface area (Å²) in [7, 11) is 0. The predicted molar refractivity (Wildman–Crippen MR) is 74.6 cm³/mol. The van der Waals surface area contributed by atoms with Gasteiger partial charge >= 0.3 is 0 Å². The summed E-state index contributed by atoms with van der Waals surface area (Å²) < 4.78 is 13.0. The van der Waals surface area contributed by atoms with E-state index >= 15 is 0 Å². The minimum Gasteiger partial charge on any atom is -0.381 e. The van der Waals surface area contributed by atoms with Crippen molar-refractivity contribution in [3.63, 3.8) is 0 Å². The highest BCUT2D eigenvalue weighted by molar-refractivity contribution is 6.30. The smallest absolute Gasteiger partial charge is 0.141 e. The van der Waals surface area contributed by atoms with Crippen LogP contribution in [0.3, 0.4) is 0 Å². The van der Waals surface area contributed by atoms with Crippen LogP contribution in [-0.4, -0.2) is 0 Å². The summed E-state index contributed by atoms with van der Waals surface area (Å²) in [5, 5.41) is 20.9. The SMILES string of the molecule is N#Cc1ccc(NCc2ccc(F)c(Cl)c2)cc1C#N. The standard InChI is InChI=1S/C15H9ClFN3/c16-14-5-10(1-4-15(14)17)9-20-13-3-2-11(7-18)12(6-13)8-19/h1-6,20H,9H2. The van der Waals surface area contributed by atoms with E-state index in [1.807, 2.05) is 12.1 Å². The quantitative estimate of drug-likeness (QED) is 0.932. The van der Waals surface area contributed by atoms with Crippen molar-refractivity contribution < 1.29 is 4.39 Å². The fourth-order valence-corrected chi connectivity index (χ4v) is 1.90. The fourth-order valence-electron chi connectivity index (χ4n) is 1.70. The third kappa shape index (κ3) is 3.06. The molecule has 0 heterocycles. The van der Waals surface area contributed by atoms with E-state index in [1.54, 1.807) is 30.3 Å². The molecular weight excluding hydrogens is 277 g/mol. The van der Waals surface area contributed by atoms with Gasteiger partial charge in [0.05, 0.1) is 16.1 Å². The largest absolute Gasteiger partial charge is 0.381 e. The van der Waals surface area contributed by atoms with Crippen LogP contribution in [0.5, 0.6) is 0 Å². The van der Waals surface area contributed by atoms with Gasteiger partial charge in [-0.3, -0.25) is 0 Å². The first-order chi connectivity index (χ1) is 9.63. The van der Waals surface area contributed by atoms with E-state index in [9.17, 15) is 4.39 Å². The maximum atomic E-state index is 13.0. The number of hydrogen-bond donors (Lipinski definition) is 1. The van der Waals surface area contributed by atoms with Gasteiger partial charge in [0.15, 0.2) is 0 Å². The Labute approximate surface area is 120 Å². The molecular formula is C15H9ClFN3. The van der Waals surface area contributed by atoms with Crippen LogP contribution in [0.15, 0.2) is 36.4 Å². The maximum Gasteiger partial charge on any atom is 0.141 e. The van der Waals surface area contributed by atoms with Crippen molar-refractivity contribution in [3.8, 4) is 12.1 Å². The number of rotatable bonds is 3. The van der Waals surface area contributed by atoms with Gasteiger partial charge < -0.3 is 5.32 Å². The molecule has 0 atom stereocenters. The number of anilines is 1. The zero-order valence-corrected chi connectivity index (χ0v) is 11.1. The number of nitrogens with zero attached hydrogens (tertiary/aromatic N) is 2. The molecule has 0 saturated carbocycles. The molecule has 0 unspecified atom stereocenters. The summed E-state index contributed by atoms with van der Waals surface area (Å²) in [5.41, 5.74) is 2.18. The molecule has 3 nitrogen and oxygen atoms in total. The molecule has 0 aliphatic carbocycles. The normalized spacial score (nSPS) is 9.60. The Hall–Kier alpha value is -2.56. The zero-order chi connectivity index (χ0) is 14.5. The van der Waals surface area contributed by atoms with Crippen LogP contribution in [0.1, 0.15) is 16.7 Å². The molecule has 0 aliphatic rings. The van der Waals surface area contributed by atoms with Gasteiger partial charge in [-0.15, -0.1) is 0 Å². The summed E-state index contributed by atoms with van der Waals surface area (Å²) >= 11 is 5.70. The molecule has 2 aromatic carbocycles. The Balaban J connectivity index is 2.13. The lowest BCUT2D eigenvalue weighted by molar-refractivity contribution is 0.627. The van der Waals surface area contributed by atoms with Crippen molar-refractivity contribution in [3.05, 3.63) is 63.9 Å². The molecule has 0 fully saturated rings. The minimum atomic E-state index is -0.458. The molecule has 2 aromatic rings. The van der Waals surface area contributed by atoms with E-state index in [2.05, 4.69) is 5.32 Å². The second-order valence-corrected chi connectivity index (χ2v) is 4.49. The van der Waals surface area contributed by atoms with Crippen LogP contribution in [0.4, 0.5) is 10.1 Å². The molecule has 0 radical (unpaired) electrons. The number of hydrogen-bond acceptors (Lipinski definition) is 3. The minimum absolute atomic E-state index is 0.0712. The molecule has 0 aliphatic heterocycles. The number of nitrogens with one attached hydrogen (secondary N) is 1. The number of nitriles is 2.